The summed E-state index contributed by atoms with van der Waals surface area (Å²) in [7, 11) is 0. The van der Waals surface area contributed by atoms with E-state index in [-0.39, 0.29) is 28.8 Å². The van der Waals surface area contributed by atoms with Gasteiger partial charge in [-0.25, -0.2) is 0 Å². The number of ether oxygens (including phenoxy) is 1. The van der Waals surface area contributed by atoms with Crippen molar-refractivity contribution in [3.63, 3.8) is 0 Å². The van der Waals surface area contributed by atoms with Crippen LogP contribution in [0, 0.1) is 10.1 Å². The SMILES string of the molecule is CCCC(=C(I)c1ccc(OCCCC(=O)O)c(Cl)c1Cl)[N+](=O)[O-]. The third-order valence-corrected chi connectivity index (χ3v) is 5.10. The Bertz CT molecular complexity index is 664. The molecule has 0 aliphatic heterocycles. The molecule has 0 radical (unpaired) electrons. The second-order valence-corrected chi connectivity index (χ2v) is 6.69. The van der Waals surface area contributed by atoms with E-state index in [0.717, 1.165) is 0 Å². The topological polar surface area (TPSA) is 89.7 Å². The van der Waals surface area contributed by atoms with Crippen molar-refractivity contribution in [2.24, 2.45) is 0 Å². The highest BCUT2D eigenvalue weighted by Crippen LogP contribution is 2.41. The first-order valence-electron chi connectivity index (χ1n) is 7.15. The minimum absolute atomic E-state index is 0.00666. The molecule has 0 aliphatic rings. The highest BCUT2D eigenvalue weighted by molar-refractivity contribution is 14.1. The van der Waals surface area contributed by atoms with Crippen molar-refractivity contribution >= 4 is 55.3 Å². The Balaban J connectivity index is 3.04. The minimum atomic E-state index is -0.902. The maximum absolute atomic E-state index is 11.2. The molecule has 9 heteroatoms. The standard InChI is InChI=1S/C15H16Cl2INO5/c1-2-4-10(19(22)23)15(18)9-6-7-11(14(17)13(9)16)24-8-3-5-12(20)21/h6-7H,2-5,8H2,1H3,(H,20,21). The van der Waals surface area contributed by atoms with E-state index < -0.39 is 10.9 Å². The summed E-state index contributed by atoms with van der Waals surface area (Å²) < 4.78 is 5.86. The molecule has 0 amide bonds. The third kappa shape index (κ3) is 5.78. The predicted molar refractivity (Wildman–Crippen MR) is 102 cm³/mol. The lowest BCUT2D eigenvalue weighted by Crippen LogP contribution is -2.03. The Kier molecular flexibility index (Phi) is 8.79. The van der Waals surface area contributed by atoms with Gasteiger partial charge in [-0.3, -0.25) is 14.9 Å². The van der Waals surface area contributed by atoms with Gasteiger partial charge in [0.1, 0.15) is 10.8 Å². The summed E-state index contributed by atoms with van der Waals surface area (Å²) >= 11 is 14.3. The molecular weight excluding hydrogens is 472 g/mol. The normalized spacial score (nSPS) is 11.8. The zero-order chi connectivity index (χ0) is 18.3. The first kappa shape index (κ1) is 21.0. The molecule has 0 fully saturated rings. The van der Waals surface area contributed by atoms with E-state index >= 15 is 0 Å². The smallest absolute Gasteiger partial charge is 0.303 e. The number of allylic oxidation sites excluding steroid dienone is 1. The number of rotatable bonds is 9. The quantitative estimate of drug-likeness (QED) is 0.217. The molecule has 0 aliphatic carbocycles. The van der Waals surface area contributed by atoms with Gasteiger partial charge in [-0.05, 0) is 47.6 Å². The number of nitro groups is 1. The van der Waals surface area contributed by atoms with Crippen molar-refractivity contribution < 1.29 is 19.6 Å². The molecule has 1 aromatic carbocycles. The summed E-state index contributed by atoms with van der Waals surface area (Å²) in [5, 5.41) is 20.1. The lowest BCUT2D eigenvalue weighted by Gasteiger charge is -2.12. The van der Waals surface area contributed by atoms with Crippen molar-refractivity contribution in [2.45, 2.75) is 32.6 Å². The van der Waals surface area contributed by atoms with E-state index in [2.05, 4.69) is 0 Å². The van der Waals surface area contributed by atoms with Crippen LogP contribution < -0.4 is 4.74 Å². The summed E-state index contributed by atoms with van der Waals surface area (Å²) in [5.41, 5.74) is 0.562. The fraction of sp³-hybridized carbons (Fsp3) is 0.400. The van der Waals surface area contributed by atoms with Crippen molar-refractivity contribution in [3.05, 3.63) is 43.6 Å². The second kappa shape index (κ2) is 10.0. The molecular formula is C15H16Cl2INO5. The molecule has 1 N–H and O–H groups in total. The number of carboxylic acid groups (broad SMARTS) is 1. The maximum atomic E-state index is 11.2. The van der Waals surface area contributed by atoms with Crippen LogP contribution >= 0.6 is 45.8 Å². The first-order valence-corrected chi connectivity index (χ1v) is 8.99. The number of nitrogens with zero attached hydrogens (tertiary/aromatic N) is 1. The minimum Gasteiger partial charge on any atom is -0.492 e. The Morgan fingerprint density at radius 2 is 2.00 bits per heavy atom. The van der Waals surface area contributed by atoms with Crippen molar-refractivity contribution in [1.29, 1.82) is 0 Å². The fourth-order valence-corrected chi connectivity index (χ4v) is 3.44. The van der Waals surface area contributed by atoms with Gasteiger partial charge in [0.05, 0.1) is 20.1 Å². The number of hydrogen-bond donors (Lipinski definition) is 1. The monoisotopic (exact) mass is 487 g/mol. The van der Waals surface area contributed by atoms with Gasteiger partial charge in [-0.2, -0.15) is 0 Å². The first-order chi connectivity index (χ1) is 11.3. The summed E-state index contributed by atoms with van der Waals surface area (Å²) in [5.74, 6) is -0.584. The highest BCUT2D eigenvalue weighted by atomic mass is 127. The van der Waals surface area contributed by atoms with Crippen LogP contribution in [0.2, 0.25) is 10.0 Å². The van der Waals surface area contributed by atoms with Gasteiger partial charge in [0.15, 0.2) is 0 Å². The predicted octanol–water partition coefficient (Wildman–Crippen LogP) is 5.42. The zero-order valence-corrected chi connectivity index (χ0v) is 16.5. The van der Waals surface area contributed by atoms with Crippen LogP contribution in [0.1, 0.15) is 38.2 Å². The van der Waals surface area contributed by atoms with Crippen LogP contribution in [0.4, 0.5) is 0 Å². The van der Waals surface area contributed by atoms with Crippen LogP contribution in [-0.2, 0) is 4.79 Å². The van der Waals surface area contributed by atoms with Gasteiger partial charge in [0, 0.05) is 18.4 Å². The van der Waals surface area contributed by atoms with Gasteiger partial charge in [-0.1, -0.05) is 30.1 Å². The van der Waals surface area contributed by atoms with E-state index in [9.17, 15) is 14.9 Å². The molecule has 0 bridgehead atoms. The Morgan fingerprint density at radius 3 is 2.54 bits per heavy atom. The molecule has 0 saturated carbocycles. The van der Waals surface area contributed by atoms with Crippen molar-refractivity contribution in [3.8, 4) is 5.75 Å². The summed E-state index contributed by atoms with van der Waals surface area (Å²) in [6.07, 6.45) is 1.29. The number of carboxylic acids is 1. The van der Waals surface area contributed by atoms with Gasteiger partial charge in [-0.15, -0.1) is 0 Å². The third-order valence-electron chi connectivity index (χ3n) is 3.04. The van der Waals surface area contributed by atoms with Gasteiger partial charge in [0.2, 0.25) is 0 Å². The van der Waals surface area contributed by atoms with Gasteiger partial charge >= 0.3 is 5.97 Å². The number of halogens is 3. The molecule has 0 aromatic heterocycles. The number of aliphatic carboxylic acids is 1. The fourth-order valence-electron chi connectivity index (χ4n) is 1.89. The van der Waals surface area contributed by atoms with Crippen LogP contribution in [0.5, 0.6) is 5.75 Å². The molecule has 0 heterocycles. The molecule has 0 unspecified atom stereocenters. The summed E-state index contributed by atoms with van der Waals surface area (Å²) in [4.78, 5) is 21.2. The van der Waals surface area contributed by atoms with Crippen molar-refractivity contribution in [1.82, 2.24) is 0 Å². The van der Waals surface area contributed by atoms with Gasteiger partial charge in [0.25, 0.3) is 5.70 Å². The number of hydrogen-bond acceptors (Lipinski definition) is 4. The summed E-state index contributed by atoms with van der Waals surface area (Å²) in [6.45, 7) is 2.04. The van der Waals surface area contributed by atoms with Crippen LogP contribution in [0.3, 0.4) is 0 Å². The molecule has 1 aromatic rings. The van der Waals surface area contributed by atoms with Gasteiger partial charge < -0.3 is 9.84 Å². The lowest BCUT2D eigenvalue weighted by atomic mass is 10.1. The van der Waals surface area contributed by atoms with E-state index in [1.165, 1.54) is 0 Å². The molecule has 1 rings (SSSR count). The van der Waals surface area contributed by atoms with Crippen LogP contribution in [0.15, 0.2) is 17.8 Å². The summed E-state index contributed by atoms with van der Waals surface area (Å²) in [6, 6.07) is 3.19. The lowest BCUT2D eigenvalue weighted by molar-refractivity contribution is -0.426. The molecule has 6 nitrogen and oxygen atoms in total. The molecule has 132 valence electrons. The molecule has 24 heavy (non-hydrogen) atoms. The number of carbonyl (C=O) groups is 1. The Labute approximate surface area is 163 Å². The zero-order valence-electron chi connectivity index (χ0n) is 12.9. The highest BCUT2D eigenvalue weighted by Gasteiger charge is 2.21. The average Bonchev–Trinajstić information content (AvgIpc) is 2.52. The van der Waals surface area contributed by atoms with E-state index in [4.69, 9.17) is 33.0 Å². The van der Waals surface area contributed by atoms with E-state index in [0.29, 0.717) is 34.2 Å². The van der Waals surface area contributed by atoms with E-state index in [1.54, 1.807) is 12.1 Å². The van der Waals surface area contributed by atoms with Crippen LogP contribution in [0.25, 0.3) is 3.58 Å². The Hall–Kier alpha value is -1.06. The molecule has 0 atom stereocenters. The maximum Gasteiger partial charge on any atom is 0.303 e. The number of benzene rings is 1. The molecule has 0 spiro atoms. The van der Waals surface area contributed by atoms with Crippen molar-refractivity contribution in [2.75, 3.05) is 6.61 Å². The Morgan fingerprint density at radius 1 is 1.33 bits per heavy atom. The van der Waals surface area contributed by atoms with Crippen LogP contribution in [-0.4, -0.2) is 22.6 Å². The largest absolute Gasteiger partial charge is 0.492 e. The molecule has 0 saturated heterocycles. The van der Waals surface area contributed by atoms with E-state index in [1.807, 2.05) is 29.5 Å². The second-order valence-electron chi connectivity index (χ2n) is 4.85. The average molecular weight is 488 g/mol.